The Bertz CT molecular complexity index is 256. The summed E-state index contributed by atoms with van der Waals surface area (Å²) >= 11 is 0. The molecule has 0 atom stereocenters. The fourth-order valence-electron chi connectivity index (χ4n) is 1.55. The Morgan fingerprint density at radius 1 is 0.882 bits per heavy atom. The molecule has 0 aliphatic heterocycles. The van der Waals surface area contributed by atoms with Gasteiger partial charge in [0.25, 0.3) is 0 Å². The first-order valence-corrected chi connectivity index (χ1v) is 5.60. The molecule has 0 saturated heterocycles. The van der Waals surface area contributed by atoms with Crippen molar-refractivity contribution in [1.29, 1.82) is 0 Å². The van der Waals surface area contributed by atoms with Crippen molar-refractivity contribution in [1.82, 2.24) is 5.32 Å². The lowest BCUT2D eigenvalue weighted by Crippen LogP contribution is -2.56. The van der Waals surface area contributed by atoms with Gasteiger partial charge in [0.15, 0.2) is 0 Å². The van der Waals surface area contributed by atoms with E-state index in [0.29, 0.717) is 0 Å². The number of hydrogen-bond acceptors (Lipinski definition) is 5. The van der Waals surface area contributed by atoms with Crippen molar-refractivity contribution in [2.24, 2.45) is 0 Å². The third-order valence-electron chi connectivity index (χ3n) is 1.95. The second kappa shape index (κ2) is 6.00. The third kappa shape index (κ3) is 8.68. The van der Waals surface area contributed by atoms with Gasteiger partial charge in [-0.3, -0.25) is 9.59 Å². The first kappa shape index (κ1) is 15.9. The van der Waals surface area contributed by atoms with Crippen LogP contribution in [0.1, 0.15) is 41.5 Å². The first-order chi connectivity index (χ1) is 7.54. The predicted octanol–water partition coefficient (Wildman–Crippen LogP) is 1.26. The van der Waals surface area contributed by atoms with E-state index in [9.17, 15) is 9.59 Å². The summed E-state index contributed by atoms with van der Waals surface area (Å²) in [5.74, 6) is -0.615. The summed E-state index contributed by atoms with van der Waals surface area (Å²) in [5, 5.41) is 3.29. The van der Waals surface area contributed by atoms with Crippen molar-refractivity contribution >= 4 is 11.9 Å². The molecular weight excluding hydrogens is 222 g/mol. The SMILES string of the molecule is CC(=O)OCC(C)(C)NC(C)(C)COC(C)=O. The lowest BCUT2D eigenvalue weighted by Gasteiger charge is -2.36. The molecule has 5 heteroatoms. The minimum absolute atomic E-state index is 0.270. The van der Waals surface area contributed by atoms with Gasteiger partial charge >= 0.3 is 11.9 Å². The molecule has 0 aliphatic carbocycles. The molecule has 0 aromatic heterocycles. The maximum Gasteiger partial charge on any atom is 0.302 e. The molecule has 0 bridgehead atoms. The van der Waals surface area contributed by atoms with Crippen LogP contribution < -0.4 is 5.32 Å². The van der Waals surface area contributed by atoms with E-state index < -0.39 is 0 Å². The second-order valence-corrected chi connectivity index (χ2v) is 5.45. The number of esters is 2. The van der Waals surface area contributed by atoms with Crippen molar-refractivity contribution in [2.45, 2.75) is 52.6 Å². The minimum Gasteiger partial charge on any atom is -0.464 e. The van der Waals surface area contributed by atoms with Crippen molar-refractivity contribution in [3.63, 3.8) is 0 Å². The number of rotatable bonds is 6. The Hall–Kier alpha value is -1.10. The lowest BCUT2D eigenvalue weighted by molar-refractivity contribution is -0.144. The summed E-state index contributed by atoms with van der Waals surface area (Å²) < 4.78 is 9.94. The fourth-order valence-corrected chi connectivity index (χ4v) is 1.55. The quantitative estimate of drug-likeness (QED) is 0.714. The smallest absolute Gasteiger partial charge is 0.302 e. The summed E-state index contributed by atoms with van der Waals surface area (Å²) in [5.41, 5.74) is -0.759. The highest BCUT2D eigenvalue weighted by molar-refractivity contribution is 5.66. The molecule has 0 heterocycles. The molecule has 0 amide bonds. The van der Waals surface area contributed by atoms with E-state index in [-0.39, 0.29) is 36.2 Å². The van der Waals surface area contributed by atoms with E-state index in [1.165, 1.54) is 13.8 Å². The number of carbonyl (C=O) groups excluding carboxylic acids is 2. The van der Waals surface area contributed by atoms with Gasteiger partial charge in [-0.15, -0.1) is 0 Å². The van der Waals surface area contributed by atoms with E-state index in [4.69, 9.17) is 9.47 Å². The van der Waals surface area contributed by atoms with Crippen molar-refractivity contribution in [3.05, 3.63) is 0 Å². The predicted molar refractivity (Wildman–Crippen MR) is 64.6 cm³/mol. The highest BCUT2D eigenvalue weighted by Crippen LogP contribution is 2.12. The summed E-state index contributed by atoms with van der Waals surface area (Å²) in [4.78, 5) is 21.5. The molecule has 100 valence electrons. The Labute approximate surface area is 103 Å². The zero-order chi connectivity index (χ0) is 13.7. The molecule has 5 nitrogen and oxygen atoms in total. The van der Waals surface area contributed by atoms with E-state index in [2.05, 4.69) is 5.32 Å². The second-order valence-electron chi connectivity index (χ2n) is 5.45. The molecule has 0 unspecified atom stereocenters. The number of hydrogen-bond donors (Lipinski definition) is 1. The summed E-state index contributed by atoms with van der Waals surface area (Å²) in [6, 6.07) is 0. The molecule has 17 heavy (non-hydrogen) atoms. The summed E-state index contributed by atoms with van der Waals surface area (Å²) in [6.07, 6.45) is 0. The van der Waals surface area contributed by atoms with Crippen LogP contribution in [0.2, 0.25) is 0 Å². The molecule has 0 saturated carbocycles. The van der Waals surface area contributed by atoms with E-state index >= 15 is 0 Å². The van der Waals surface area contributed by atoms with Gasteiger partial charge in [-0.05, 0) is 27.7 Å². The van der Waals surface area contributed by atoms with Crippen LogP contribution in [0.5, 0.6) is 0 Å². The van der Waals surface area contributed by atoms with E-state index in [1.807, 2.05) is 27.7 Å². The van der Waals surface area contributed by atoms with Gasteiger partial charge in [-0.25, -0.2) is 0 Å². The van der Waals surface area contributed by atoms with Crippen LogP contribution in [0, 0.1) is 0 Å². The zero-order valence-electron chi connectivity index (χ0n) is 11.5. The highest BCUT2D eigenvalue weighted by Gasteiger charge is 2.29. The first-order valence-electron chi connectivity index (χ1n) is 5.60. The zero-order valence-corrected chi connectivity index (χ0v) is 11.5. The molecule has 0 aromatic rings. The van der Waals surface area contributed by atoms with Crippen LogP contribution in [0.4, 0.5) is 0 Å². The monoisotopic (exact) mass is 245 g/mol. The summed E-state index contributed by atoms with van der Waals surface area (Å²) in [6.45, 7) is 11.0. The van der Waals surface area contributed by atoms with Crippen LogP contribution >= 0.6 is 0 Å². The van der Waals surface area contributed by atoms with Crippen molar-refractivity contribution in [2.75, 3.05) is 13.2 Å². The van der Waals surface area contributed by atoms with E-state index in [1.54, 1.807) is 0 Å². The van der Waals surface area contributed by atoms with Gasteiger partial charge in [0.1, 0.15) is 13.2 Å². The van der Waals surface area contributed by atoms with Crippen LogP contribution in [0.25, 0.3) is 0 Å². The molecule has 0 rings (SSSR count). The third-order valence-corrected chi connectivity index (χ3v) is 1.95. The van der Waals surface area contributed by atoms with Gasteiger partial charge in [0, 0.05) is 24.9 Å². The average molecular weight is 245 g/mol. The van der Waals surface area contributed by atoms with Crippen molar-refractivity contribution < 1.29 is 19.1 Å². The Morgan fingerprint density at radius 2 is 1.18 bits per heavy atom. The van der Waals surface area contributed by atoms with Gasteiger partial charge < -0.3 is 14.8 Å². The lowest BCUT2D eigenvalue weighted by atomic mass is 9.99. The maximum absolute atomic E-state index is 10.8. The fraction of sp³-hybridized carbons (Fsp3) is 0.833. The Kier molecular flexibility index (Phi) is 5.61. The van der Waals surface area contributed by atoms with Crippen LogP contribution in [-0.4, -0.2) is 36.2 Å². The Morgan fingerprint density at radius 3 is 1.41 bits per heavy atom. The molecule has 0 fully saturated rings. The molecule has 1 N–H and O–H groups in total. The highest BCUT2D eigenvalue weighted by atomic mass is 16.5. The van der Waals surface area contributed by atoms with Gasteiger partial charge in [0.2, 0.25) is 0 Å². The molecular formula is C12H23NO4. The molecule has 0 aliphatic rings. The largest absolute Gasteiger partial charge is 0.464 e. The number of ether oxygens (including phenoxy) is 2. The van der Waals surface area contributed by atoms with Crippen LogP contribution in [0.3, 0.4) is 0 Å². The van der Waals surface area contributed by atoms with Crippen LogP contribution in [-0.2, 0) is 19.1 Å². The number of nitrogens with one attached hydrogen (secondary N) is 1. The normalized spacial score (nSPS) is 12.1. The molecule has 0 spiro atoms. The van der Waals surface area contributed by atoms with Gasteiger partial charge in [-0.2, -0.15) is 0 Å². The Balaban J connectivity index is 4.26. The van der Waals surface area contributed by atoms with E-state index in [0.717, 1.165) is 0 Å². The minimum atomic E-state index is -0.380. The summed E-state index contributed by atoms with van der Waals surface area (Å²) in [7, 11) is 0. The van der Waals surface area contributed by atoms with Crippen molar-refractivity contribution in [3.8, 4) is 0 Å². The maximum atomic E-state index is 10.8. The topological polar surface area (TPSA) is 64.6 Å². The van der Waals surface area contributed by atoms with Crippen LogP contribution in [0.15, 0.2) is 0 Å². The van der Waals surface area contributed by atoms with Gasteiger partial charge in [-0.1, -0.05) is 0 Å². The van der Waals surface area contributed by atoms with Gasteiger partial charge in [0.05, 0.1) is 0 Å². The standard InChI is InChI=1S/C12H23NO4/c1-9(14)16-7-11(3,4)13-12(5,6)8-17-10(2)15/h13H,7-8H2,1-6H3. The molecule has 0 aromatic carbocycles. The molecule has 0 radical (unpaired) electrons. The number of carbonyl (C=O) groups is 2. The average Bonchev–Trinajstić information content (AvgIpc) is 2.10.